The first-order valence-corrected chi connectivity index (χ1v) is 7.12. The van der Waals surface area contributed by atoms with E-state index in [4.69, 9.17) is 5.73 Å². The van der Waals surface area contributed by atoms with Crippen molar-refractivity contribution in [3.63, 3.8) is 0 Å². The molecule has 1 saturated carbocycles. The number of sulfonamides is 1. The Kier molecular flexibility index (Phi) is 3.24. The van der Waals surface area contributed by atoms with Gasteiger partial charge >= 0.3 is 0 Å². The van der Waals surface area contributed by atoms with Crippen molar-refractivity contribution >= 4 is 10.0 Å². The van der Waals surface area contributed by atoms with Gasteiger partial charge in [0.05, 0.1) is 0 Å². The molecule has 0 saturated heterocycles. The minimum atomic E-state index is -3.47. The van der Waals surface area contributed by atoms with Crippen molar-refractivity contribution < 1.29 is 8.42 Å². The van der Waals surface area contributed by atoms with Gasteiger partial charge in [-0.05, 0) is 25.7 Å². The lowest BCUT2D eigenvalue weighted by Gasteiger charge is -2.32. The van der Waals surface area contributed by atoms with Gasteiger partial charge in [0.15, 0.2) is 5.03 Å². The fourth-order valence-electron chi connectivity index (χ4n) is 1.91. The van der Waals surface area contributed by atoms with E-state index in [1.807, 2.05) is 0 Å². The van der Waals surface area contributed by atoms with Crippen LogP contribution in [0, 0.1) is 12.8 Å². The highest BCUT2D eigenvalue weighted by Crippen LogP contribution is 2.24. The summed E-state index contributed by atoms with van der Waals surface area (Å²) in [5.74, 6) is 1.04. The number of nitrogens with zero attached hydrogens (tertiary/aromatic N) is 2. The summed E-state index contributed by atoms with van der Waals surface area (Å²) in [7, 11) is -1.70. The summed E-state index contributed by atoms with van der Waals surface area (Å²) in [6, 6.07) is 0.238. The molecule has 1 aromatic rings. The molecule has 1 aliphatic rings. The maximum atomic E-state index is 11.9. The Hall–Kier alpha value is -0.920. The summed E-state index contributed by atoms with van der Waals surface area (Å²) < 4.78 is 28.1. The van der Waals surface area contributed by atoms with Crippen molar-refractivity contribution in [2.75, 3.05) is 6.54 Å². The molecule has 3 N–H and O–H groups in total. The molecule has 0 aromatic carbocycles. The first-order chi connectivity index (χ1) is 7.88. The average Bonchev–Trinajstić information content (AvgIpc) is 2.53. The summed E-state index contributed by atoms with van der Waals surface area (Å²) in [6.07, 6.45) is 3.30. The molecule has 17 heavy (non-hydrogen) atoms. The molecule has 7 heteroatoms. The van der Waals surface area contributed by atoms with Crippen molar-refractivity contribution in [2.45, 2.75) is 30.8 Å². The number of aromatic nitrogens is 2. The molecule has 0 spiro atoms. The van der Waals surface area contributed by atoms with Gasteiger partial charge in [-0.25, -0.2) is 18.1 Å². The van der Waals surface area contributed by atoms with E-state index in [-0.39, 0.29) is 11.1 Å². The van der Waals surface area contributed by atoms with Gasteiger partial charge in [0.1, 0.15) is 5.82 Å². The number of aryl methyl sites for hydroxylation is 2. The van der Waals surface area contributed by atoms with Gasteiger partial charge in [0.2, 0.25) is 0 Å². The largest absolute Gasteiger partial charge is 0.337 e. The first kappa shape index (κ1) is 12.5. The lowest BCUT2D eigenvalue weighted by molar-refractivity contribution is 0.267. The molecule has 1 aliphatic carbocycles. The number of hydrogen-bond donors (Lipinski definition) is 2. The average molecular weight is 258 g/mol. The predicted octanol–water partition coefficient (Wildman–Crippen LogP) is -0.256. The van der Waals surface area contributed by atoms with E-state index >= 15 is 0 Å². The molecule has 0 unspecified atom stereocenters. The van der Waals surface area contributed by atoms with E-state index in [1.54, 1.807) is 18.5 Å². The topological polar surface area (TPSA) is 90.0 Å². The van der Waals surface area contributed by atoms with Crippen LogP contribution in [-0.2, 0) is 17.1 Å². The highest BCUT2D eigenvalue weighted by molar-refractivity contribution is 7.89. The Balaban J connectivity index is 1.99. The zero-order valence-corrected chi connectivity index (χ0v) is 10.9. The molecular weight excluding hydrogens is 240 g/mol. The maximum absolute atomic E-state index is 11.9. The van der Waals surface area contributed by atoms with E-state index in [2.05, 4.69) is 9.71 Å². The van der Waals surface area contributed by atoms with Crippen LogP contribution in [0.15, 0.2) is 11.2 Å². The standard InChI is InChI=1S/C10H18N4O2S/c1-7-13-10(6-14(7)2)17(15,16)12-5-8-3-9(11)4-8/h6,8-9,12H,3-5,11H2,1-2H3. The van der Waals surface area contributed by atoms with Crippen molar-refractivity contribution in [1.82, 2.24) is 14.3 Å². The van der Waals surface area contributed by atoms with Crippen molar-refractivity contribution in [1.29, 1.82) is 0 Å². The second-order valence-corrected chi connectivity index (χ2v) is 6.40. The number of imidazole rings is 1. The van der Waals surface area contributed by atoms with E-state index < -0.39 is 10.0 Å². The Morgan fingerprint density at radius 1 is 1.59 bits per heavy atom. The molecule has 0 radical (unpaired) electrons. The highest BCUT2D eigenvalue weighted by atomic mass is 32.2. The lowest BCUT2D eigenvalue weighted by Crippen LogP contribution is -2.42. The molecule has 6 nitrogen and oxygen atoms in total. The smallest absolute Gasteiger partial charge is 0.259 e. The Morgan fingerprint density at radius 3 is 2.71 bits per heavy atom. The third-order valence-electron chi connectivity index (χ3n) is 3.20. The number of nitrogens with one attached hydrogen (secondary N) is 1. The normalized spacial score (nSPS) is 24.6. The summed E-state index contributed by atoms with van der Waals surface area (Å²) in [5, 5.41) is 0.0844. The van der Waals surface area contributed by atoms with E-state index in [1.165, 1.54) is 6.20 Å². The molecule has 1 aromatic heterocycles. The van der Waals surface area contributed by atoms with Gasteiger partial charge in [-0.15, -0.1) is 0 Å². The fourth-order valence-corrected chi connectivity index (χ4v) is 3.06. The van der Waals surface area contributed by atoms with Crippen molar-refractivity contribution in [3.8, 4) is 0 Å². The van der Waals surface area contributed by atoms with Gasteiger partial charge in [0, 0.05) is 25.8 Å². The summed E-state index contributed by atoms with van der Waals surface area (Å²) in [5.41, 5.74) is 5.65. The summed E-state index contributed by atoms with van der Waals surface area (Å²) >= 11 is 0. The Morgan fingerprint density at radius 2 is 2.24 bits per heavy atom. The second kappa shape index (κ2) is 4.40. The molecule has 0 bridgehead atoms. The van der Waals surface area contributed by atoms with Crippen LogP contribution in [0.5, 0.6) is 0 Å². The van der Waals surface area contributed by atoms with Gasteiger partial charge in [-0.3, -0.25) is 0 Å². The number of nitrogens with two attached hydrogens (primary N) is 1. The fraction of sp³-hybridized carbons (Fsp3) is 0.700. The molecule has 1 heterocycles. The minimum absolute atomic E-state index is 0.0844. The van der Waals surface area contributed by atoms with Gasteiger partial charge < -0.3 is 10.3 Å². The predicted molar refractivity (Wildman–Crippen MR) is 63.8 cm³/mol. The van der Waals surface area contributed by atoms with Crippen LogP contribution in [0.4, 0.5) is 0 Å². The zero-order chi connectivity index (χ0) is 12.6. The SMILES string of the molecule is Cc1nc(S(=O)(=O)NCC2CC(N)C2)cn1C. The molecule has 0 amide bonds. The minimum Gasteiger partial charge on any atom is -0.337 e. The van der Waals surface area contributed by atoms with E-state index in [0.717, 1.165) is 12.8 Å². The molecule has 0 atom stereocenters. The Labute approximate surface area is 101 Å². The number of rotatable bonds is 4. The quantitative estimate of drug-likeness (QED) is 0.779. The Bertz CT molecular complexity index is 483. The summed E-state index contributed by atoms with van der Waals surface area (Å²) in [4.78, 5) is 4.01. The van der Waals surface area contributed by atoms with Crippen molar-refractivity contribution in [3.05, 3.63) is 12.0 Å². The lowest BCUT2D eigenvalue weighted by atomic mass is 9.81. The van der Waals surface area contributed by atoms with Gasteiger partial charge in [-0.1, -0.05) is 0 Å². The molecule has 0 aliphatic heterocycles. The van der Waals surface area contributed by atoms with E-state index in [0.29, 0.717) is 18.3 Å². The van der Waals surface area contributed by atoms with Crippen molar-refractivity contribution in [2.24, 2.45) is 18.7 Å². The van der Waals surface area contributed by atoms with Gasteiger partial charge in [-0.2, -0.15) is 0 Å². The third kappa shape index (κ3) is 2.67. The van der Waals surface area contributed by atoms with Gasteiger partial charge in [0.25, 0.3) is 10.0 Å². The molecule has 2 rings (SSSR count). The molecule has 96 valence electrons. The molecular formula is C10H18N4O2S. The first-order valence-electron chi connectivity index (χ1n) is 5.63. The van der Waals surface area contributed by atoms with Crippen LogP contribution in [0.1, 0.15) is 18.7 Å². The van der Waals surface area contributed by atoms with Crippen LogP contribution < -0.4 is 10.5 Å². The van der Waals surface area contributed by atoms with Crippen LogP contribution >= 0.6 is 0 Å². The third-order valence-corrected chi connectivity index (χ3v) is 4.49. The second-order valence-electron chi connectivity index (χ2n) is 4.69. The summed E-state index contributed by atoms with van der Waals surface area (Å²) in [6.45, 7) is 2.22. The zero-order valence-electron chi connectivity index (χ0n) is 10.0. The van der Waals surface area contributed by atoms with Crippen LogP contribution in [0.25, 0.3) is 0 Å². The van der Waals surface area contributed by atoms with Crippen LogP contribution in [0.3, 0.4) is 0 Å². The monoisotopic (exact) mass is 258 g/mol. The number of hydrogen-bond acceptors (Lipinski definition) is 4. The van der Waals surface area contributed by atoms with Crippen LogP contribution in [-0.4, -0.2) is 30.6 Å². The van der Waals surface area contributed by atoms with Crippen LogP contribution in [0.2, 0.25) is 0 Å². The highest BCUT2D eigenvalue weighted by Gasteiger charge is 2.28. The molecule has 1 fully saturated rings. The maximum Gasteiger partial charge on any atom is 0.259 e. The van der Waals surface area contributed by atoms with E-state index in [9.17, 15) is 8.42 Å².